The highest BCUT2D eigenvalue weighted by Gasteiger charge is 2.36. The van der Waals surface area contributed by atoms with E-state index in [1.54, 1.807) is 30.3 Å². The summed E-state index contributed by atoms with van der Waals surface area (Å²) in [6.07, 6.45) is 3.86. The third kappa shape index (κ3) is 10.1. The van der Waals surface area contributed by atoms with Gasteiger partial charge in [-0.05, 0) is 61.2 Å². The average molecular weight is 745 g/mol. The molecule has 288 valence electrons. The number of fused-ring (bicyclic) bond motifs is 5. The largest absolute Gasteiger partial charge is 0.507 e. The second-order valence-corrected chi connectivity index (χ2v) is 13.2. The van der Waals surface area contributed by atoms with Crippen molar-refractivity contribution in [3.8, 4) is 22.6 Å². The van der Waals surface area contributed by atoms with Gasteiger partial charge in [0.25, 0.3) is 5.91 Å². The first-order valence-corrected chi connectivity index (χ1v) is 17.5. The number of phenols is 1. The number of nitrogens with one attached hydrogen (secondary N) is 5. The Kier molecular flexibility index (Phi) is 14.1. The van der Waals surface area contributed by atoms with Crippen molar-refractivity contribution in [3.05, 3.63) is 71.8 Å². The second kappa shape index (κ2) is 18.7. The monoisotopic (exact) mass is 744 g/mol. The number of carbonyl (C=O) groups is 5. The molecule has 0 fully saturated rings. The van der Waals surface area contributed by atoms with Gasteiger partial charge in [0.15, 0.2) is 0 Å². The van der Waals surface area contributed by atoms with Gasteiger partial charge in [-0.1, -0.05) is 26.0 Å². The van der Waals surface area contributed by atoms with Crippen LogP contribution in [0.3, 0.4) is 0 Å². The number of hydrogen-bond donors (Lipinski definition) is 8. The highest BCUT2D eigenvalue weighted by atomic mass is 16.5. The fourth-order valence-corrected chi connectivity index (χ4v) is 5.76. The molecule has 0 radical (unpaired) electrons. The van der Waals surface area contributed by atoms with Crippen LogP contribution in [0.5, 0.6) is 11.5 Å². The zero-order valence-electron chi connectivity index (χ0n) is 30.7. The SMILES string of the molecule is CC(C)C(=N)CNC(=O)[C@H]1Cc2ccc(O)c(c2)-c2cc(ccc2OCCN)[C@@H](N(C)C(=O)[C@@H](CCN)NC(=O)c2cncnc2)C(=O)N[C@H](C)C(=O)N1. The highest BCUT2D eigenvalue weighted by molar-refractivity contribution is 5.99. The Bertz CT molecular complexity index is 1860. The molecule has 3 aromatic rings. The van der Waals surface area contributed by atoms with Crippen molar-refractivity contribution in [2.75, 3.05) is 33.3 Å². The minimum atomic E-state index is -1.39. The predicted octanol–water partition coefficient (Wildman–Crippen LogP) is 0.171. The van der Waals surface area contributed by atoms with Gasteiger partial charge in [-0.2, -0.15) is 0 Å². The third-order valence-electron chi connectivity index (χ3n) is 8.89. The van der Waals surface area contributed by atoms with Crippen LogP contribution >= 0.6 is 0 Å². The molecule has 0 unspecified atom stereocenters. The molecule has 0 spiro atoms. The summed E-state index contributed by atoms with van der Waals surface area (Å²) in [4.78, 5) is 77.4. The molecular weight excluding hydrogens is 696 g/mol. The molecule has 1 aromatic heterocycles. The maximum atomic E-state index is 14.3. The van der Waals surface area contributed by atoms with Crippen LogP contribution in [0, 0.1) is 11.3 Å². The average Bonchev–Trinajstić information content (AvgIpc) is 3.15. The first kappa shape index (κ1) is 40.8. The number of aromatic hydroxyl groups is 1. The van der Waals surface area contributed by atoms with Crippen LogP contribution in [-0.4, -0.2) is 107 Å². The summed E-state index contributed by atoms with van der Waals surface area (Å²) in [6.45, 7) is 5.39. The highest BCUT2D eigenvalue weighted by Crippen LogP contribution is 2.39. The molecule has 17 heteroatoms. The van der Waals surface area contributed by atoms with Crippen molar-refractivity contribution in [1.82, 2.24) is 36.1 Å². The minimum absolute atomic E-state index is 0.00242. The molecule has 0 aliphatic carbocycles. The molecule has 17 nitrogen and oxygen atoms in total. The number of hydrogen-bond acceptors (Lipinski definition) is 12. The topological polar surface area (TPSA) is 268 Å². The molecule has 0 saturated carbocycles. The Morgan fingerprint density at radius 2 is 1.76 bits per heavy atom. The number of carbonyl (C=O) groups excluding carboxylic acids is 5. The molecule has 1 aliphatic rings. The summed E-state index contributed by atoms with van der Waals surface area (Å²) >= 11 is 0. The summed E-state index contributed by atoms with van der Waals surface area (Å²) in [5.74, 6) is -3.23. The Morgan fingerprint density at radius 1 is 1.04 bits per heavy atom. The number of ether oxygens (including phenoxy) is 1. The van der Waals surface area contributed by atoms with E-state index in [1.807, 2.05) is 13.8 Å². The van der Waals surface area contributed by atoms with Crippen LogP contribution in [0.2, 0.25) is 0 Å². The van der Waals surface area contributed by atoms with Crippen LogP contribution in [0.25, 0.3) is 11.1 Å². The summed E-state index contributed by atoms with van der Waals surface area (Å²) in [6, 6.07) is 4.59. The number of nitrogens with two attached hydrogens (primary N) is 2. The molecule has 4 rings (SSSR count). The van der Waals surface area contributed by atoms with E-state index in [9.17, 15) is 29.1 Å². The smallest absolute Gasteiger partial charge is 0.255 e. The summed E-state index contributed by atoms with van der Waals surface area (Å²) < 4.78 is 5.95. The molecule has 54 heavy (non-hydrogen) atoms. The van der Waals surface area contributed by atoms with E-state index >= 15 is 0 Å². The van der Waals surface area contributed by atoms with Crippen LogP contribution in [0.4, 0.5) is 0 Å². The Labute approximate surface area is 313 Å². The maximum absolute atomic E-state index is 14.3. The van der Waals surface area contributed by atoms with Gasteiger partial charge in [0, 0.05) is 49.2 Å². The quantitative estimate of drug-likeness (QED) is 0.109. The fraction of sp³-hybridized carbons (Fsp3) is 0.405. The predicted molar refractivity (Wildman–Crippen MR) is 199 cm³/mol. The number of phenolic OH excluding ortho intramolecular Hbond substituents is 1. The number of nitrogens with zero attached hydrogens (tertiary/aromatic N) is 3. The van der Waals surface area contributed by atoms with Gasteiger partial charge in [0.05, 0.1) is 12.1 Å². The summed E-state index contributed by atoms with van der Waals surface area (Å²) in [5.41, 5.74) is 13.5. The van der Waals surface area contributed by atoms with Gasteiger partial charge >= 0.3 is 0 Å². The Balaban J connectivity index is 1.82. The van der Waals surface area contributed by atoms with Crippen molar-refractivity contribution in [1.29, 1.82) is 5.41 Å². The van der Waals surface area contributed by atoms with Gasteiger partial charge in [0.1, 0.15) is 48.6 Å². The first-order chi connectivity index (χ1) is 25.7. The molecule has 2 heterocycles. The van der Waals surface area contributed by atoms with E-state index in [1.165, 1.54) is 38.8 Å². The Hall–Kier alpha value is -5.94. The lowest BCUT2D eigenvalue weighted by Crippen LogP contribution is -2.56. The Morgan fingerprint density at radius 3 is 2.43 bits per heavy atom. The summed E-state index contributed by atoms with van der Waals surface area (Å²) in [5, 5.41) is 30.1. The number of aromatic nitrogens is 2. The maximum Gasteiger partial charge on any atom is 0.255 e. The van der Waals surface area contributed by atoms with Crippen LogP contribution < -0.4 is 37.5 Å². The molecule has 2 aromatic carbocycles. The first-order valence-electron chi connectivity index (χ1n) is 17.5. The van der Waals surface area contributed by atoms with Gasteiger partial charge < -0.3 is 52.9 Å². The normalized spacial score (nSPS) is 17.6. The van der Waals surface area contributed by atoms with Crippen molar-refractivity contribution in [2.45, 2.75) is 57.8 Å². The molecule has 0 saturated heterocycles. The summed E-state index contributed by atoms with van der Waals surface area (Å²) in [7, 11) is 1.38. The number of benzene rings is 2. The van der Waals surface area contributed by atoms with Gasteiger partial charge in [-0.15, -0.1) is 0 Å². The van der Waals surface area contributed by atoms with Gasteiger partial charge in [-0.25, -0.2) is 9.97 Å². The molecular formula is C37H48N10O7. The lowest BCUT2D eigenvalue weighted by atomic mass is 9.93. The van der Waals surface area contributed by atoms with E-state index in [2.05, 4.69) is 31.2 Å². The molecule has 1 aliphatic heterocycles. The van der Waals surface area contributed by atoms with Crippen LogP contribution in [0.1, 0.15) is 54.7 Å². The van der Waals surface area contributed by atoms with Gasteiger partial charge in [-0.3, -0.25) is 24.0 Å². The van der Waals surface area contributed by atoms with Crippen molar-refractivity contribution < 1.29 is 33.8 Å². The van der Waals surface area contributed by atoms with Gasteiger partial charge in [0.2, 0.25) is 23.6 Å². The van der Waals surface area contributed by atoms with Crippen molar-refractivity contribution >= 4 is 35.2 Å². The number of rotatable bonds is 13. The zero-order chi connectivity index (χ0) is 39.5. The molecule has 4 bridgehead atoms. The zero-order valence-corrected chi connectivity index (χ0v) is 30.7. The van der Waals surface area contributed by atoms with E-state index in [4.69, 9.17) is 21.6 Å². The minimum Gasteiger partial charge on any atom is -0.507 e. The molecule has 10 N–H and O–H groups in total. The van der Waals surface area contributed by atoms with E-state index < -0.39 is 53.7 Å². The van der Waals surface area contributed by atoms with Crippen LogP contribution in [-0.2, 0) is 25.6 Å². The van der Waals surface area contributed by atoms with Crippen molar-refractivity contribution in [3.63, 3.8) is 0 Å². The van der Waals surface area contributed by atoms with E-state index in [-0.39, 0.29) is 67.4 Å². The standard InChI is InChI=1S/C37H48N10O7/c1-20(2)27(40)18-43-35(51)29-14-22-5-7-30(48)25(13-22)26-15-23(6-8-31(26)54-12-11-39)32(36(52)44-21(3)33(49)46-29)47(4)37(53)28(9-10-38)45-34(50)24-16-41-19-42-17-24/h5-8,13,15-17,19-21,28-29,32,40,48H,9-12,14,18,38-39H2,1-4H3,(H,43,51)(H,44,52)(H,45,50)(H,46,49)/t21-,28-,29-,32-/m1/s1. The lowest BCUT2D eigenvalue weighted by Gasteiger charge is -2.32. The van der Waals surface area contributed by atoms with Crippen LogP contribution in [0.15, 0.2) is 55.1 Å². The fourth-order valence-electron chi connectivity index (χ4n) is 5.76. The second-order valence-electron chi connectivity index (χ2n) is 13.2. The van der Waals surface area contributed by atoms with E-state index in [0.29, 0.717) is 22.6 Å². The van der Waals surface area contributed by atoms with E-state index in [0.717, 1.165) is 4.90 Å². The number of likely N-dealkylation sites (N-methyl/N-ethyl adjacent to an activating group) is 1. The molecule has 4 atom stereocenters. The van der Waals surface area contributed by atoms with Crippen molar-refractivity contribution in [2.24, 2.45) is 17.4 Å². The third-order valence-corrected chi connectivity index (χ3v) is 8.89. The lowest BCUT2D eigenvalue weighted by molar-refractivity contribution is -0.141. The molecule has 5 amide bonds. The number of amides is 5.